The first-order chi connectivity index (χ1) is 11.5. The maximum absolute atomic E-state index is 12.2. The molecule has 5 nitrogen and oxygen atoms in total. The Labute approximate surface area is 160 Å². The standard InChI is InChI=1S/C18H27N3O2S.ClH/c1-12-7-8-14(20-17(22)13-5-3-4-6-13)11-16(12)21-18(23)15(19)9-10-24-2;/h7-8,11,13,15H,3-6,9-10,19H2,1-2H3,(H,20,22)(H,21,23);1H/t15-;/m0./s1. The highest BCUT2D eigenvalue weighted by Gasteiger charge is 2.22. The van der Waals surface area contributed by atoms with Gasteiger partial charge >= 0.3 is 0 Å². The fourth-order valence-electron chi connectivity index (χ4n) is 2.87. The zero-order valence-corrected chi connectivity index (χ0v) is 16.5. The van der Waals surface area contributed by atoms with Crippen molar-refractivity contribution < 1.29 is 9.59 Å². The van der Waals surface area contributed by atoms with Gasteiger partial charge in [-0.3, -0.25) is 9.59 Å². The van der Waals surface area contributed by atoms with E-state index in [1.54, 1.807) is 17.8 Å². The van der Waals surface area contributed by atoms with Crippen LogP contribution in [0, 0.1) is 12.8 Å². The van der Waals surface area contributed by atoms with Crippen molar-refractivity contribution in [3.8, 4) is 0 Å². The highest BCUT2D eigenvalue weighted by atomic mass is 35.5. The van der Waals surface area contributed by atoms with Gasteiger partial charge in [0.25, 0.3) is 0 Å². The Hall–Kier alpha value is -1.24. The van der Waals surface area contributed by atoms with E-state index in [1.807, 2.05) is 25.3 Å². The fourth-order valence-corrected chi connectivity index (χ4v) is 3.36. The quantitative estimate of drug-likeness (QED) is 0.669. The van der Waals surface area contributed by atoms with Crippen LogP contribution in [-0.2, 0) is 9.59 Å². The van der Waals surface area contributed by atoms with Gasteiger partial charge in [0, 0.05) is 17.3 Å². The second-order valence-electron chi connectivity index (χ2n) is 6.38. The molecule has 4 N–H and O–H groups in total. The molecule has 0 bridgehead atoms. The predicted molar refractivity (Wildman–Crippen MR) is 109 cm³/mol. The van der Waals surface area contributed by atoms with Gasteiger partial charge in [0.1, 0.15) is 0 Å². The molecule has 1 aliphatic rings. The first-order valence-corrected chi connectivity index (χ1v) is 9.87. The van der Waals surface area contributed by atoms with E-state index in [2.05, 4.69) is 10.6 Å². The Bertz CT molecular complexity index is 592. The summed E-state index contributed by atoms with van der Waals surface area (Å²) in [6.07, 6.45) is 6.81. The SMILES string of the molecule is CSCC[C@H](N)C(=O)Nc1cc(NC(=O)C2CCCC2)ccc1C.Cl. The third-order valence-corrected chi connectivity index (χ3v) is 5.10. The molecule has 0 spiro atoms. The number of amides is 2. The minimum atomic E-state index is -0.520. The highest BCUT2D eigenvalue weighted by Crippen LogP contribution is 2.27. The van der Waals surface area contributed by atoms with E-state index in [9.17, 15) is 9.59 Å². The van der Waals surface area contributed by atoms with Crippen molar-refractivity contribution in [2.45, 2.75) is 45.1 Å². The van der Waals surface area contributed by atoms with E-state index < -0.39 is 6.04 Å². The summed E-state index contributed by atoms with van der Waals surface area (Å²) >= 11 is 1.67. The van der Waals surface area contributed by atoms with Crippen LogP contribution in [0.4, 0.5) is 11.4 Å². The molecule has 0 aliphatic heterocycles. The number of carbonyl (C=O) groups is 2. The third-order valence-electron chi connectivity index (χ3n) is 4.46. The van der Waals surface area contributed by atoms with Gasteiger partial charge in [-0.15, -0.1) is 12.4 Å². The van der Waals surface area contributed by atoms with Gasteiger partial charge in [0.15, 0.2) is 0 Å². The fraction of sp³-hybridized carbons (Fsp3) is 0.556. The molecule has 1 fully saturated rings. The minimum absolute atomic E-state index is 0. The summed E-state index contributed by atoms with van der Waals surface area (Å²) in [6, 6.07) is 5.05. The normalized spacial score (nSPS) is 15.3. The van der Waals surface area contributed by atoms with E-state index in [0.717, 1.165) is 37.0 Å². The molecular weight excluding hydrogens is 358 g/mol. The van der Waals surface area contributed by atoms with Crippen molar-refractivity contribution in [3.05, 3.63) is 23.8 Å². The zero-order valence-electron chi connectivity index (χ0n) is 14.8. The summed E-state index contributed by atoms with van der Waals surface area (Å²) in [6.45, 7) is 1.92. The van der Waals surface area contributed by atoms with Gasteiger partial charge in [0.05, 0.1) is 6.04 Å². The molecule has 0 radical (unpaired) electrons. The molecule has 1 aromatic rings. The molecule has 7 heteroatoms. The number of hydrogen-bond donors (Lipinski definition) is 3. The first kappa shape index (κ1) is 21.8. The molecule has 140 valence electrons. The van der Waals surface area contributed by atoms with Crippen LogP contribution >= 0.6 is 24.2 Å². The number of anilines is 2. The summed E-state index contributed by atoms with van der Waals surface area (Å²) in [5.74, 6) is 0.853. The lowest BCUT2D eigenvalue weighted by Crippen LogP contribution is -2.36. The lowest BCUT2D eigenvalue weighted by Gasteiger charge is -2.15. The summed E-state index contributed by atoms with van der Waals surface area (Å²) in [7, 11) is 0. The van der Waals surface area contributed by atoms with Crippen LogP contribution in [0.2, 0.25) is 0 Å². The van der Waals surface area contributed by atoms with E-state index in [1.165, 1.54) is 0 Å². The molecule has 2 rings (SSSR count). The van der Waals surface area contributed by atoms with Gasteiger partial charge in [-0.2, -0.15) is 11.8 Å². The number of thioether (sulfide) groups is 1. The minimum Gasteiger partial charge on any atom is -0.326 e. The van der Waals surface area contributed by atoms with Crippen LogP contribution in [-0.4, -0.2) is 29.9 Å². The lowest BCUT2D eigenvalue weighted by molar-refractivity contribution is -0.119. The highest BCUT2D eigenvalue weighted by molar-refractivity contribution is 7.98. The zero-order chi connectivity index (χ0) is 17.5. The van der Waals surface area contributed by atoms with Crippen molar-refractivity contribution in [2.75, 3.05) is 22.6 Å². The Morgan fingerprint density at radius 3 is 2.60 bits per heavy atom. The summed E-state index contributed by atoms with van der Waals surface area (Å²) in [5.41, 5.74) is 8.26. The monoisotopic (exact) mass is 385 g/mol. The molecule has 1 aliphatic carbocycles. The summed E-state index contributed by atoms with van der Waals surface area (Å²) in [4.78, 5) is 24.4. The number of aryl methyl sites for hydroxylation is 1. The Morgan fingerprint density at radius 1 is 1.28 bits per heavy atom. The predicted octanol–water partition coefficient (Wildman–Crippen LogP) is 3.56. The molecule has 0 unspecified atom stereocenters. The van der Waals surface area contributed by atoms with E-state index in [4.69, 9.17) is 5.73 Å². The number of benzene rings is 1. The maximum atomic E-state index is 12.2. The molecule has 0 heterocycles. The number of carbonyl (C=O) groups excluding carboxylic acids is 2. The number of nitrogens with two attached hydrogens (primary N) is 1. The summed E-state index contributed by atoms with van der Waals surface area (Å²) in [5, 5.41) is 5.84. The number of hydrogen-bond acceptors (Lipinski definition) is 4. The van der Waals surface area contributed by atoms with E-state index >= 15 is 0 Å². The molecule has 0 aromatic heterocycles. The third kappa shape index (κ3) is 6.53. The average molecular weight is 386 g/mol. The number of halogens is 1. The Morgan fingerprint density at radius 2 is 1.96 bits per heavy atom. The second kappa shape index (κ2) is 10.7. The van der Waals surface area contributed by atoms with E-state index in [0.29, 0.717) is 17.8 Å². The maximum Gasteiger partial charge on any atom is 0.241 e. The van der Waals surface area contributed by atoms with Gasteiger partial charge in [-0.1, -0.05) is 18.9 Å². The van der Waals surface area contributed by atoms with Crippen LogP contribution in [0.3, 0.4) is 0 Å². The molecule has 0 saturated heterocycles. The van der Waals surface area contributed by atoms with Crippen molar-refractivity contribution in [2.24, 2.45) is 11.7 Å². The first-order valence-electron chi connectivity index (χ1n) is 8.48. The van der Waals surface area contributed by atoms with Crippen molar-refractivity contribution >= 4 is 47.4 Å². The van der Waals surface area contributed by atoms with Crippen LogP contribution in [0.1, 0.15) is 37.7 Å². The molecule has 1 saturated carbocycles. The van der Waals surface area contributed by atoms with Gasteiger partial charge < -0.3 is 16.4 Å². The molecule has 2 amide bonds. The van der Waals surface area contributed by atoms with Gasteiger partial charge in [0.2, 0.25) is 11.8 Å². The van der Waals surface area contributed by atoms with Crippen LogP contribution in [0.5, 0.6) is 0 Å². The molecule has 25 heavy (non-hydrogen) atoms. The van der Waals surface area contributed by atoms with E-state index in [-0.39, 0.29) is 30.1 Å². The summed E-state index contributed by atoms with van der Waals surface area (Å²) < 4.78 is 0. The van der Waals surface area contributed by atoms with Crippen molar-refractivity contribution in [1.82, 2.24) is 0 Å². The smallest absolute Gasteiger partial charge is 0.241 e. The lowest BCUT2D eigenvalue weighted by atomic mass is 10.1. The molecule has 1 aromatic carbocycles. The van der Waals surface area contributed by atoms with Gasteiger partial charge in [-0.05, 0) is 55.9 Å². The number of nitrogens with one attached hydrogen (secondary N) is 2. The van der Waals surface area contributed by atoms with Crippen LogP contribution in [0.25, 0.3) is 0 Å². The molecular formula is C18H28ClN3O2S. The van der Waals surface area contributed by atoms with Crippen LogP contribution in [0.15, 0.2) is 18.2 Å². The Balaban J connectivity index is 0.00000312. The molecule has 1 atom stereocenters. The van der Waals surface area contributed by atoms with Crippen LogP contribution < -0.4 is 16.4 Å². The topological polar surface area (TPSA) is 84.2 Å². The largest absolute Gasteiger partial charge is 0.326 e. The van der Waals surface area contributed by atoms with Crippen molar-refractivity contribution in [1.29, 1.82) is 0 Å². The number of rotatable bonds is 7. The van der Waals surface area contributed by atoms with Crippen molar-refractivity contribution in [3.63, 3.8) is 0 Å². The average Bonchev–Trinajstić information content (AvgIpc) is 3.10. The Kier molecular flexibility index (Phi) is 9.32. The second-order valence-corrected chi connectivity index (χ2v) is 7.36. The van der Waals surface area contributed by atoms with Gasteiger partial charge in [-0.25, -0.2) is 0 Å².